The SMILES string of the molecule is CCn1ccc(C(C)NC(=O)/C=C/c2ccccc2Cl)n1. The zero-order valence-electron chi connectivity index (χ0n) is 12.1. The number of benzene rings is 1. The van der Waals surface area contributed by atoms with Gasteiger partial charge in [-0.2, -0.15) is 5.10 Å². The molecule has 1 atom stereocenters. The maximum atomic E-state index is 11.9. The van der Waals surface area contributed by atoms with Crippen molar-refractivity contribution in [1.29, 1.82) is 0 Å². The highest BCUT2D eigenvalue weighted by atomic mass is 35.5. The van der Waals surface area contributed by atoms with Crippen LogP contribution in [0.25, 0.3) is 6.08 Å². The largest absolute Gasteiger partial charge is 0.344 e. The van der Waals surface area contributed by atoms with Gasteiger partial charge in [-0.05, 0) is 37.6 Å². The third kappa shape index (κ3) is 4.20. The molecular weight excluding hydrogens is 286 g/mol. The van der Waals surface area contributed by atoms with Gasteiger partial charge in [-0.3, -0.25) is 9.48 Å². The highest BCUT2D eigenvalue weighted by Gasteiger charge is 2.10. The fourth-order valence-corrected chi connectivity index (χ4v) is 2.09. The molecule has 1 aromatic heterocycles. The number of hydrogen-bond donors (Lipinski definition) is 1. The Kier molecular flexibility index (Phi) is 5.17. The lowest BCUT2D eigenvalue weighted by Crippen LogP contribution is -2.25. The second-order valence-electron chi connectivity index (χ2n) is 4.68. The van der Waals surface area contributed by atoms with Crippen LogP contribution in [0.3, 0.4) is 0 Å². The van der Waals surface area contributed by atoms with Gasteiger partial charge in [0.25, 0.3) is 0 Å². The van der Waals surface area contributed by atoms with Gasteiger partial charge in [-0.15, -0.1) is 0 Å². The molecule has 2 rings (SSSR count). The van der Waals surface area contributed by atoms with E-state index in [4.69, 9.17) is 11.6 Å². The van der Waals surface area contributed by atoms with Gasteiger partial charge in [-0.1, -0.05) is 29.8 Å². The molecule has 2 aromatic rings. The molecule has 0 aliphatic rings. The monoisotopic (exact) mass is 303 g/mol. The Balaban J connectivity index is 1.96. The van der Waals surface area contributed by atoms with Crippen molar-refractivity contribution in [2.75, 3.05) is 0 Å². The van der Waals surface area contributed by atoms with Crippen molar-refractivity contribution in [2.24, 2.45) is 0 Å². The molecule has 21 heavy (non-hydrogen) atoms. The number of hydrogen-bond acceptors (Lipinski definition) is 2. The molecule has 1 heterocycles. The van der Waals surface area contributed by atoms with E-state index in [2.05, 4.69) is 10.4 Å². The van der Waals surface area contributed by atoms with Crippen LogP contribution in [-0.4, -0.2) is 15.7 Å². The summed E-state index contributed by atoms with van der Waals surface area (Å²) in [6.07, 6.45) is 5.08. The quantitative estimate of drug-likeness (QED) is 0.860. The zero-order chi connectivity index (χ0) is 15.2. The third-order valence-electron chi connectivity index (χ3n) is 3.11. The molecule has 5 heteroatoms. The van der Waals surface area contributed by atoms with E-state index in [-0.39, 0.29) is 11.9 Å². The normalized spacial score (nSPS) is 12.5. The standard InChI is InChI=1S/C16H18ClN3O/c1-3-20-11-10-15(19-20)12(2)18-16(21)9-8-13-6-4-5-7-14(13)17/h4-12H,3H2,1-2H3,(H,18,21)/b9-8+. The smallest absolute Gasteiger partial charge is 0.244 e. The fraction of sp³-hybridized carbons (Fsp3) is 0.250. The van der Waals surface area contributed by atoms with Crippen molar-refractivity contribution in [3.05, 3.63) is 58.9 Å². The Morgan fingerprint density at radius 2 is 2.19 bits per heavy atom. The second kappa shape index (κ2) is 7.09. The van der Waals surface area contributed by atoms with Crippen LogP contribution < -0.4 is 5.32 Å². The summed E-state index contributed by atoms with van der Waals surface area (Å²) in [5, 5.41) is 7.87. The van der Waals surface area contributed by atoms with Crippen molar-refractivity contribution in [3.63, 3.8) is 0 Å². The van der Waals surface area contributed by atoms with Crippen LogP contribution in [0.4, 0.5) is 0 Å². The van der Waals surface area contributed by atoms with Crippen molar-refractivity contribution in [2.45, 2.75) is 26.4 Å². The van der Waals surface area contributed by atoms with Gasteiger partial charge in [0.2, 0.25) is 5.91 Å². The number of amides is 1. The first-order valence-corrected chi connectivity index (χ1v) is 7.24. The molecule has 0 radical (unpaired) electrons. The molecule has 110 valence electrons. The molecule has 1 amide bonds. The maximum absolute atomic E-state index is 11.9. The Morgan fingerprint density at radius 3 is 2.86 bits per heavy atom. The zero-order valence-corrected chi connectivity index (χ0v) is 12.8. The molecule has 0 saturated carbocycles. The topological polar surface area (TPSA) is 46.9 Å². The van der Waals surface area contributed by atoms with E-state index in [1.54, 1.807) is 12.1 Å². The first-order chi connectivity index (χ1) is 10.1. The molecule has 1 N–H and O–H groups in total. The first-order valence-electron chi connectivity index (χ1n) is 6.86. The van der Waals surface area contributed by atoms with Crippen molar-refractivity contribution in [1.82, 2.24) is 15.1 Å². The highest BCUT2D eigenvalue weighted by molar-refractivity contribution is 6.32. The van der Waals surface area contributed by atoms with E-state index in [1.807, 2.05) is 49.0 Å². The van der Waals surface area contributed by atoms with E-state index in [1.165, 1.54) is 6.08 Å². The van der Waals surface area contributed by atoms with Crippen molar-refractivity contribution in [3.8, 4) is 0 Å². The third-order valence-corrected chi connectivity index (χ3v) is 3.45. The number of aromatic nitrogens is 2. The summed E-state index contributed by atoms with van der Waals surface area (Å²) in [5.41, 5.74) is 1.66. The van der Waals surface area contributed by atoms with Crippen LogP contribution in [0.2, 0.25) is 5.02 Å². The molecular formula is C16H18ClN3O. The summed E-state index contributed by atoms with van der Waals surface area (Å²) in [4.78, 5) is 11.9. The number of carbonyl (C=O) groups is 1. The van der Waals surface area contributed by atoms with Gasteiger partial charge in [0, 0.05) is 23.8 Å². The van der Waals surface area contributed by atoms with Gasteiger partial charge < -0.3 is 5.32 Å². The van der Waals surface area contributed by atoms with Crippen LogP contribution in [-0.2, 0) is 11.3 Å². The summed E-state index contributed by atoms with van der Waals surface area (Å²) in [6.45, 7) is 4.74. The van der Waals surface area contributed by atoms with E-state index in [0.29, 0.717) is 5.02 Å². The summed E-state index contributed by atoms with van der Waals surface area (Å²) >= 11 is 6.03. The minimum atomic E-state index is -0.173. The number of rotatable bonds is 5. The van der Waals surface area contributed by atoms with E-state index >= 15 is 0 Å². The molecule has 1 unspecified atom stereocenters. The van der Waals surface area contributed by atoms with Crippen LogP contribution in [0, 0.1) is 0 Å². The van der Waals surface area contributed by atoms with Gasteiger partial charge >= 0.3 is 0 Å². The van der Waals surface area contributed by atoms with Gasteiger partial charge in [-0.25, -0.2) is 0 Å². The predicted molar refractivity (Wildman–Crippen MR) is 84.9 cm³/mol. The average molecular weight is 304 g/mol. The number of aryl methyl sites for hydroxylation is 1. The van der Waals surface area contributed by atoms with Crippen molar-refractivity contribution < 1.29 is 4.79 Å². The lowest BCUT2D eigenvalue weighted by molar-refractivity contribution is -0.117. The average Bonchev–Trinajstić information content (AvgIpc) is 2.95. The molecule has 0 aliphatic carbocycles. The van der Waals surface area contributed by atoms with Crippen molar-refractivity contribution >= 4 is 23.6 Å². The van der Waals surface area contributed by atoms with Crippen LogP contribution in [0.15, 0.2) is 42.6 Å². The number of nitrogens with zero attached hydrogens (tertiary/aromatic N) is 2. The highest BCUT2D eigenvalue weighted by Crippen LogP contribution is 2.16. The fourth-order valence-electron chi connectivity index (χ4n) is 1.90. The lowest BCUT2D eigenvalue weighted by Gasteiger charge is -2.09. The van der Waals surface area contributed by atoms with Crippen LogP contribution in [0.5, 0.6) is 0 Å². The van der Waals surface area contributed by atoms with E-state index < -0.39 is 0 Å². The molecule has 0 bridgehead atoms. The van der Waals surface area contributed by atoms with E-state index in [0.717, 1.165) is 17.8 Å². The predicted octanol–water partition coefficient (Wildman–Crippen LogP) is 3.45. The molecule has 0 fully saturated rings. The summed E-state index contributed by atoms with van der Waals surface area (Å²) in [6, 6.07) is 9.15. The molecule has 0 saturated heterocycles. The summed E-state index contributed by atoms with van der Waals surface area (Å²) in [5.74, 6) is -0.173. The van der Waals surface area contributed by atoms with Crippen LogP contribution >= 0.6 is 11.6 Å². The first kappa shape index (κ1) is 15.3. The number of halogens is 1. The molecule has 4 nitrogen and oxygen atoms in total. The Labute approximate surface area is 129 Å². The summed E-state index contributed by atoms with van der Waals surface area (Å²) in [7, 11) is 0. The Bertz CT molecular complexity index is 648. The van der Waals surface area contributed by atoms with Gasteiger partial charge in [0.05, 0.1) is 11.7 Å². The lowest BCUT2D eigenvalue weighted by atomic mass is 10.2. The molecule has 0 spiro atoms. The van der Waals surface area contributed by atoms with Crippen LogP contribution in [0.1, 0.15) is 31.1 Å². The maximum Gasteiger partial charge on any atom is 0.244 e. The number of nitrogens with one attached hydrogen (secondary N) is 1. The van der Waals surface area contributed by atoms with Gasteiger partial charge in [0.15, 0.2) is 0 Å². The number of carbonyl (C=O) groups excluding carboxylic acids is 1. The minimum Gasteiger partial charge on any atom is -0.344 e. The minimum absolute atomic E-state index is 0.138. The Hall–Kier alpha value is -2.07. The molecule has 0 aliphatic heterocycles. The molecule has 1 aromatic carbocycles. The second-order valence-corrected chi connectivity index (χ2v) is 5.09. The summed E-state index contributed by atoms with van der Waals surface area (Å²) < 4.78 is 1.83. The van der Waals surface area contributed by atoms with E-state index in [9.17, 15) is 4.79 Å². The Morgan fingerprint density at radius 1 is 1.43 bits per heavy atom. The van der Waals surface area contributed by atoms with Gasteiger partial charge in [0.1, 0.15) is 0 Å².